The highest BCUT2D eigenvalue weighted by Crippen LogP contribution is 2.21. The molecule has 0 aliphatic heterocycles. The van der Waals surface area contributed by atoms with Crippen molar-refractivity contribution in [2.24, 2.45) is 0 Å². The van der Waals surface area contributed by atoms with Gasteiger partial charge in [0, 0.05) is 18.8 Å². The average molecular weight is 407 g/mol. The van der Waals surface area contributed by atoms with Gasteiger partial charge in [0.15, 0.2) is 5.82 Å². The second-order valence-electron chi connectivity index (χ2n) is 6.61. The molecular formula is C19H21N9O2. The first-order chi connectivity index (χ1) is 14.7. The Hall–Kier alpha value is -3.57. The lowest BCUT2D eigenvalue weighted by atomic mass is 10.1. The fourth-order valence-corrected chi connectivity index (χ4v) is 3.06. The minimum Gasteiger partial charge on any atom is -0.362 e. The summed E-state index contributed by atoms with van der Waals surface area (Å²) in [5.41, 5.74) is 1.86. The fraction of sp³-hybridized carbons (Fsp3) is 0.316. The van der Waals surface area contributed by atoms with Crippen molar-refractivity contribution < 1.29 is 9.84 Å². The molecule has 0 bridgehead atoms. The van der Waals surface area contributed by atoms with Crippen LogP contribution in [0.5, 0.6) is 0 Å². The van der Waals surface area contributed by atoms with Crippen LogP contribution < -0.4 is 0 Å². The summed E-state index contributed by atoms with van der Waals surface area (Å²) in [6.45, 7) is 2.25. The Labute approximate surface area is 172 Å². The lowest BCUT2D eigenvalue weighted by Gasteiger charge is -2.16. The minimum atomic E-state index is -1.23. The maximum absolute atomic E-state index is 10.4. The molecule has 0 saturated heterocycles. The molecule has 3 aromatic heterocycles. The lowest BCUT2D eigenvalue weighted by molar-refractivity contribution is -0.111. The molecule has 154 valence electrons. The van der Waals surface area contributed by atoms with Crippen LogP contribution >= 0.6 is 0 Å². The zero-order valence-electron chi connectivity index (χ0n) is 16.4. The molecular weight excluding hydrogens is 386 g/mol. The van der Waals surface area contributed by atoms with E-state index in [4.69, 9.17) is 4.74 Å². The van der Waals surface area contributed by atoms with Crippen LogP contribution in [-0.4, -0.2) is 57.1 Å². The van der Waals surface area contributed by atoms with Gasteiger partial charge in [-0.25, -0.2) is 4.68 Å². The maximum Gasteiger partial charge on any atom is 0.218 e. The molecule has 0 aliphatic rings. The number of aryl methyl sites for hydroxylation is 1. The van der Waals surface area contributed by atoms with Crippen LogP contribution in [0.15, 0.2) is 54.9 Å². The first-order valence-corrected chi connectivity index (χ1v) is 9.54. The zero-order valence-corrected chi connectivity index (χ0v) is 16.4. The third-order valence-electron chi connectivity index (χ3n) is 4.65. The van der Waals surface area contributed by atoms with Crippen molar-refractivity contribution in [3.8, 4) is 5.69 Å². The molecule has 11 nitrogen and oxygen atoms in total. The third kappa shape index (κ3) is 4.36. The van der Waals surface area contributed by atoms with Crippen LogP contribution in [0.4, 0.5) is 0 Å². The van der Waals surface area contributed by atoms with Crippen molar-refractivity contribution in [3.63, 3.8) is 0 Å². The van der Waals surface area contributed by atoms with Crippen LogP contribution in [0, 0.1) is 0 Å². The van der Waals surface area contributed by atoms with Gasteiger partial charge >= 0.3 is 0 Å². The monoisotopic (exact) mass is 407 g/mol. The number of aromatic nitrogens is 9. The Morgan fingerprint density at radius 1 is 1.00 bits per heavy atom. The topological polar surface area (TPSA) is 130 Å². The van der Waals surface area contributed by atoms with Crippen LogP contribution in [0.1, 0.15) is 42.9 Å². The fourth-order valence-electron chi connectivity index (χ4n) is 3.06. The molecule has 2 atom stereocenters. The Bertz CT molecular complexity index is 1050. The van der Waals surface area contributed by atoms with Crippen LogP contribution in [0.2, 0.25) is 0 Å². The van der Waals surface area contributed by atoms with Crippen LogP contribution in [0.3, 0.4) is 0 Å². The Kier molecular flexibility index (Phi) is 6.11. The second kappa shape index (κ2) is 9.29. The molecule has 30 heavy (non-hydrogen) atoms. The molecule has 0 aliphatic carbocycles. The number of aliphatic hydroxyl groups excluding tert-OH is 1. The van der Waals surface area contributed by atoms with E-state index in [1.807, 2.05) is 49.4 Å². The standard InChI is InChI=1S/C19H21N9O2/c1-14(15-6-3-2-4-7-15)27-18(22-24-25-27)19(29)30-13-5-8-17-21-23-26-28(17)16-9-11-20-12-10-16/h2-4,6-7,9-12,14,19,29H,5,8,13H2,1H3. The molecule has 11 heteroatoms. The molecule has 4 aromatic rings. The van der Waals surface area contributed by atoms with Crippen LogP contribution in [0.25, 0.3) is 5.69 Å². The van der Waals surface area contributed by atoms with E-state index in [1.54, 1.807) is 21.8 Å². The second-order valence-corrected chi connectivity index (χ2v) is 6.61. The van der Waals surface area contributed by atoms with Crippen molar-refractivity contribution in [1.29, 1.82) is 0 Å². The van der Waals surface area contributed by atoms with Crippen molar-refractivity contribution in [1.82, 2.24) is 45.4 Å². The number of rotatable bonds is 9. The lowest BCUT2D eigenvalue weighted by Crippen LogP contribution is -2.17. The maximum atomic E-state index is 10.4. The third-order valence-corrected chi connectivity index (χ3v) is 4.65. The van der Waals surface area contributed by atoms with Gasteiger partial charge in [-0.05, 0) is 51.9 Å². The van der Waals surface area contributed by atoms with Crippen molar-refractivity contribution in [2.45, 2.75) is 32.1 Å². The summed E-state index contributed by atoms with van der Waals surface area (Å²) in [5, 5.41) is 33.9. The molecule has 1 aromatic carbocycles. The molecule has 3 heterocycles. The number of hydrogen-bond donors (Lipinski definition) is 1. The number of nitrogens with zero attached hydrogens (tertiary/aromatic N) is 9. The number of pyridine rings is 1. The first-order valence-electron chi connectivity index (χ1n) is 9.54. The quantitative estimate of drug-likeness (QED) is 0.322. The highest BCUT2D eigenvalue weighted by atomic mass is 16.6. The molecule has 0 amide bonds. The van der Waals surface area contributed by atoms with E-state index >= 15 is 0 Å². The van der Waals surface area contributed by atoms with E-state index in [0.29, 0.717) is 18.7 Å². The van der Waals surface area contributed by atoms with Crippen molar-refractivity contribution >= 4 is 0 Å². The predicted octanol–water partition coefficient (Wildman–Crippen LogP) is 1.29. The van der Waals surface area contributed by atoms with Gasteiger partial charge in [-0.3, -0.25) is 4.98 Å². The molecule has 0 saturated carbocycles. The summed E-state index contributed by atoms with van der Waals surface area (Å²) in [5.74, 6) is 0.954. The van der Waals surface area contributed by atoms with Crippen molar-refractivity contribution in [3.05, 3.63) is 72.1 Å². The van der Waals surface area contributed by atoms with Gasteiger partial charge in [-0.1, -0.05) is 30.3 Å². The minimum absolute atomic E-state index is 0.139. The van der Waals surface area contributed by atoms with Crippen LogP contribution in [-0.2, 0) is 11.2 Å². The van der Waals surface area contributed by atoms with E-state index in [0.717, 1.165) is 11.3 Å². The smallest absolute Gasteiger partial charge is 0.218 e. The van der Waals surface area contributed by atoms with Gasteiger partial charge in [-0.15, -0.1) is 10.2 Å². The summed E-state index contributed by atoms with van der Waals surface area (Å²) in [6, 6.07) is 13.3. The Morgan fingerprint density at radius 2 is 1.77 bits per heavy atom. The normalized spacial score (nSPS) is 13.3. The number of hydrogen-bond acceptors (Lipinski definition) is 9. The molecule has 0 spiro atoms. The number of aliphatic hydroxyl groups is 1. The van der Waals surface area contributed by atoms with E-state index in [-0.39, 0.29) is 18.5 Å². The number of tetrazole rings is 2. The summed E-state index contributed by atoms with van der Waals surface area (Å²) in [7, 11) is 0. The van der Waals surface area contributed by atoms with Gasteiger partial charge in [-0.2, -0.15) is 4.68 Å². The Morgan fingerprint density at radius 3 is 2.57 bits per heavy atom. The van der Waals surface area contributed by atoms with Gasteiger partial charge in [0.25, 0.3) is 0 Å². The largest absolute Gasteiger partial charge is 0.362 e. The van der Waals surface area contributed by atoms with Gasteiger partial charge in [0.05, 0.1) is 18.3 Å². The molecule has 0 radical (unpaired) electrons. The van der Waals surface area contributed by atoms with E-state index in [2.05, 4.69) is 36.0 Å². The van der Waals surface area contributed by atoms with E-state index < -0.39 is 6.29 Å². The molecule has 4 rings (SSSR count). The van der Waals surface area contributed by atoms with Gasteiger partial charge in [0.1, 0.15) is 0 Å². The average Bonchev–Trinajstić information content (AvgIpc) is 3.47. The predicted molar refractivity (Wildman–Crippen MR) is 104 cm³/mol. The molecule has 2 unspecified atom stereocenters. The summed E-state index contributed by atoms with van der Waals surface area (Å²) < 4.78 is 8.77. The number of benzene rings is 1. The molecule has 0 fully saturated rings. The van der Waals surface area contributed by atoms with Gasteiger partial charge < -0.3 is 9.84 Å². The summed E-state index contributed by atoms with van der Waals surface area (Å²) >= 11 is 0. The van der Waals surface area contributed by atoms with E-state index in [1.165, 1.54) is 0 Å². The first kappa shape index (κ1) is 19.7. The van der Waals surface area contributed by atoms with E-state index in [9.17, 15) is 5.11 Å². The zero-order chi connectivity index (χ0) is 20.8. The summed E-state index contributed by atoms with van der Waals surface area (Å²) in [4.78, 5) is 3.99. The summed E-state index contributed by atoms with van der Waals surface area (Å²) in [6.07, 6.45) is 3.32. The Balaban J connectivity index is 1.33. The van der Waals surface area contributed by atoms with Crippen molar-refractivity contribution in [2.75, 3.05) is 6.61 Å². The number of ether oxygens (including phenoxy) is 1. The molecule has 1 N–H and O–H groups in total. The highest BCUT2D eigenvalue weighted by molar-refractivity contribution is 5.27. The highest BCUT2D eigenvalue weighted by Gasteiger charge is 2.21. The SMILES string of the molecule is CC(c1ccccc1)n1nnnc1C(O)OCCCc1nnnn1-c1ccncc1. The van der Waals surface area contributed by atoms with Gasteiger partial charge in [0.2, 0.25) is 12.1 Å².